The molecule has 0 nitrogen and oxygen atoms in total. The maximum Gasteiger partial charge on any atom is -0.0404 e. The molecule has 0 bridgehead atoms. The van der Waals surface area contributed by atoms with Gasteiger partial charge in [-0.05, 0) is 20.8 Å². The summed E-state index contributed by atoms with van der Waals surface area (Å²) < 4.78 is 0. The van der Waals surface area contributed by atoms with Crippen LogP contribution >= 0.6 is 0 Å². The number of allylic oxidation sites excluding steroid dienone is 3. The van der Waals surface area contributed by atoms with E-state index in [2.05, 4.69) is 32.9 Å². The minimum absolute atomic E-state index is 1.02. The summed E-state index contributed by atoms with van der Waals surface area (Å²) in [6.45, 7) is 22.4. The van der Waals surface area contributed by atoms with Crippen LogP contribution < -0.4 is 0 Å². The quantitative estimate of drug-likeness (QED) is 0.391. The van der Waals surface area contributed by atoms with Crippen molar-refractivity contribution in [3.8, 4) is 0 Å². The third-order valence-corrected chi connectivity index (χ3v) is 0.348. The highest BCUT2D eigenvalue weighted by atomic mass is 13.7. The molecule has 0 aliphatic heterocycles. The predicted octanol–water partition coefficient (Wildman–Crippen LogP) is 4.13. The molecule has 0 heteroatoms. The van der Waals surface area contributed by atoms with E-state index in [9.17, 15) is 0 Å². The maximum atomic E-state index is 3.56. The molecule has 0 aliphatic carbocycles. The van der Waals surface area contributed by atoms with Crippen molar-refractivity contribution in [2.45, 2.75) is 20.8 Å². The van der Waals surface area contributed by atoms with Gasteiger partial charge in [-0.2, -0.15) is 0 Å². The molecule has 0 atom stereocenters. The van der Waals surface area contributed by atoms with Crippen molar-refractivity contribution in [3.05, 3.63) is 50.1 Å². The summed E-state index contributed by atoms with van der Waals surface area (Å²) in [4.78, 5) is 0. The van der Waals surface area contributed by atoms with Crippen LogP contribution in [0.4, 0.5) is 0 Å². The van der Waals surface area contributed by atoms with Crippen LogP contribution in [0.5, 0.6) is 0 Å². The van der Waals surface area contributed by atoms with Crippen LogP contribution in [-0.2, 0) is 0 Å². The first-order valence-corrected chi connectivity index (χ1v) is 3.40. The SMILES string of the molecule is C=C.C=C(C)C.C=CC(=C)C. The van der Waals surface area contributed by atoms with E-state index in [1.807, 2.05) is 20.8 Å². The second-order valence-electron chi connectivity index (χ2n) is 2.26. The van der Waals surface area contributed by atoms with Crippen LogP contribution in [0.1, 0.15) is 20.8 Å². The van der Waals surface area contributed by atoms with E-state index in [0.29, 0.717) is 0 Å². The monoisotopic (exact) mass is 152 g/mol. The predicted molar refractivity (Wildman–Crippen MR) is 56.8 cm³/mol. The van der Waals surface area contributed by atoms with Crippen LogP contribution in [0.3, 0.4) is 0 Å². The first kappa shape index (κ1) is 16.5. The van der Waals surface area contributed by atoms with E-state index >= 15 is 0 Å². The zero-order valence-corrected chi connectivity index (χ0v) is 8.11. The Hall–Kier alpha value is -1.04. The fraction of sp³-hybridized carbons (Fsp3) is 0.273. The minimum Gasteiger partial charge on any atom is -0.106 e. The van der Waals surface area contributed by atoms with Crippen molar-refractivity contribution in [2.24, 2.45) is 0 Å². The Morgan fingerprint density at radius 3 is 1.09 bits per heavy atom. The highest BCUT2D eigenvalue weighted by Gasteiger charge is 1.59. The smallest absolute Gasteiger partial charge is 0.0404 e. The summed E-state index contributed by atoms with van der Waals surface area (Å²) in [7, 11) is 0. The lowest BCUT2D eigenvalue weighted by molar-refractivity contribution is 1.42. The van der Waals surface area contributed by atoms with Crippen LogP contribution in [0.25, 0.3) is 0 Å². The van der Waals surface area contributed by atoms with Gasteiger partial charge in [0.2, 0.25) is 0 Å². The van der Waals surface area contributed by atoms with Crippen LogP contribution in [-0.4, -0.2) is 0 Å². The molecule has 0 radical (unpaired) electrons. The Balaban J connectivity index is -0.0000000965. The first-order valence-electron chi connectivity index (χ1n) is 3.40. The average molecular weight is 152 g/mol. The van der Waals surface area contributed by atoms with Gasteiger partial charge in [0.1, 0.15) is 0 Å². The van der Waals surface area contributed by atoms with Crippen LogP contribution in [0, 0.1) is 0 Å². The highest BCUT2D eigenvalue weighted by Crippen LogP contribution is 1.81. The van der Waals surface area contributed by atoms with Crippen LogP contribution in [0.15, 0.2) is 50.1 Å². The topological polar surface area (TPSA) is 0 Å². The van der Waals surface area contributed by atoms with Crippen LogP contribution in [0.2, 0.25) is 0 Å². The van der Waals surface area contributed by atoms with Crippen molar-refractivity contribution in [1.29, 1.82) is 0 Å². The lowest BCUT2D eigenvalue weighted by Gasteiger charge is -1.71. The fourth-order valence-corrected chi connectivity index (χ4v) is 0. The Morgan fingerprint density at radius 1 is 1.00 bits per heavy atom. The van der Waals surface area contributed by atoms with Gasteiger partial charge in [0.25, 0.3) is 0 Å². The standard InChI is InChI=1S/C5H8.C4H8.C2H4/c1-4-5(2)3;1-4(2)3;1-2/h4H,1-2H2,3H3;1H2,2-3H3;1-2H2. The van der Waals surface area contributed by atoms with Gasteiger partial charge in [0, 0.05) is 0 Å². The summed E-state index contributed by atoms with van der Waals surface area (Å²) in [5, 5.41) is 0. The molecule has 11 heavy (non-hydrogen) atoms. The summed E-state index contributed by atoms with van der Waals surface area (Å²) in [5.41, 5.74) is 2.19. The molecule has 0 aromatic rings. The molecule has 0 saturated heterocycles. The first-order chi connectivity index (χ1) is 5.00. The van der Waals surface area contributed by atoms with Gasteiger partial charge in [0.15, 0.2) is 0 Å². The van der Waals surface area contributed by atoms with Gasteiger partial charge in [0.05, 0.1) is 0 Å². The molecule has 0 aromatic carbocycles. The van der Waals surface area contributed by atoms with E-state index in [1.54, 1.807) is 6.08 Å². The number of hydrogen-bond acceptors (Lipinski definition) is 0. The minimum atomic E-state index is 1.02. The number of rotatable bonds is 1. The van der Waals surface area contributed by atoms with Gasteiger partial charge in [-0.1, -0.05) is 30.4 Å². The lowest BCUT2D eigenvalue weighted by Crippen LogP contribution is -1.50. The molecule has 64 valence electrons. The maximum absolute atomic E-state index is 3.56. The van der Waals surface area contributed by atoms with Gasteiger partial charge < -0.3 is 0 Å². The largest absolute Gasteiger partial charge is 0.106 e. The van der Waals surface area contributed by atoms with Gasteiger partial charge in [-0.15, -0.1) is 19.7 Å². The van der Waals surface area contributed by atoms with Crippen molar-refractivity contribution < 1.29 is 0 Å². The van der Waals surface area contributed by atoms with Gasteiger partial charge >= 0.3 is 0 Å². The number of hydrogen-bond donors (Lipinski definition) is 0. The van der Waals surface area contributed by atoms with Crippen molar-refractivity contribution in [2.75, 3.05) is 0 Å². The van der Waals surface area contributed by atoms with Gasteiger partial charge in [-0.25, -0.2) is 0 Å². The van der Waals surface area contributed by atoms with E-state index in [0.717, 1.165) is 5.57 Å². The molecule has 0 amide bonds. The molecule has 0 N–H and O–H groups in total. The third-order valence-electron chi connectivity index (χ3n) is 0.348. The summed E-state index contributed by atoms with van der Waals surface area (Å²) in [5.74, 6) is 0. The molecular formula is C11H20. The molecule has 0 unspecified atom stereocenters. The molecule has 0 rings (SSSR count). The Labute approximate surface area is 71.6 Å². The Bertz CT molecular complexity index is 114. The molecule has 0 aromatic heterocycles. The van der Waals surface area contributed by atoms with Gasteiger partial charge in [-0.3, -0.25) is 0 Å². The molecule has 0 fully saturated rings. The average Bonchev–Trinajstić information content (AvgIpc) is 1.91. The van der Waals surface area contributed by atoms with E-state index in [1.165, 1.54) is 5.57 Å². The summed E-state index contributed by atoms with van der Waals surface area (Å²) in [6, 6.07) is 0. The zero-order valence-electron chi connectivity index (χ0n) is 8.11. The van der Waals surface area contributed by atoms with E-state index in [4.69, 9.17) is 0 Å². The zero-order chi connectivity index (χ0) is 9.86. The lowest BCUT2D eigenvalue weighted by atomic mass is 10.4. The summed E-state index contributed by atoms with van der Waals surface area (Å²) in [6.07, 6.45) is 1.72. The Morgan fingerprint density at radius 2 is 1.09 bits per heavy atom. The van der Waals surface area contributed by atoms with Crippen molar-refractivity contribution >= 4 is 0 Å². The molecule has 0 saturated carbocycles. The van der Waals surface area contributed by atoms with E-state index < -0.39 is 0 Å². The van der Waals surface area contributed by atoms with Crippen molar-refractivity contribution in [1.82, 2.24) is 0 Å². The second-order valence-corrected chi connectivity index (χ2v) is 2.26. The fourth-order valence-electron chi connectivity index (χ4n) is 0. The van der Waals surface area contributed by atoms with E-state index in [-0.39, 0.29) is 0 Å². The molecule has 0 heterocycles. The summed E-state index contributed by atoms with van der Waals surface area (Å²) >= 11 is 0. The van der Waals surface area contributed by atoms with Crippen molar-refractivity contribution in [3.63, 3.8) is 0 Å². The Kier molecular flexibility index (Phi) is 24.0. The normalized spacial score (nSPS) is 5.73. The molecular weight excluding hydrogens is 132 g/mol. The third kappa shape index (κ3) is 471. The highest BCUT2D eigenvalue weighted by molar-refractivity contribution is 5.05. The molecule has 0 spiro atoms. The molecule has 0 aliphatic rings. The second kappa shape index (κ2) is 16.0.